The monoisotopic (exact) mass is 497 g/mol. The van der Waals surface area contributed by atoms with Crippen molar-refractivity contribution in [1.29, 1.82) is 0 Å². The van der Waals surface area contributed by atoms with E-state index in [4.69, 9.17) is 4.74 Å². The van der Waals surface area contributed by atoms with Gasteiger partial charge in [-0.15, -0.1) is 0 Å². The normalized spacial score (nSPS) is 16.9. The van der Waals surface area contributed by atoms with Gasteiger partial charge in [0.05, 0.1) is 23.9 Å². The highest BCUT2D eigenvalue weighted by atomic mass is 16.5. The van der Waals surface area contributed by atoms with Crippen LogP contribution in [0.3, 0.4) is 0 Å². The zero-order chi connectivity index (χ0) is 25.9. The van der Waals surface area contributed by atoms with E-state index in [1.807, 2.05) is 68.4 Å². The predicted octanol–water partition coefficient (Wildman–Crippen LogP) is 4.56. The van der Waals surface area contributed by atoms with Gasteiger partial charge in [-0.25, -0.2) is 0 Å². The summed E-state index contributed by atoms with van der Waals surface area (Å²) >= 11 is 0. The number of nitrogens with one attached hydrogen (secondary N) is 1. The smallest absolute Gasteiger partial charge is 0.256 e. The Hall–Kier alpha value is -4.13. The predicted molar refractivity (Wildman–Crippen MR) is 142 cm³/mol. The summed E-state index contributed by atoms with van der Waals surface area (Å²) in [5.41, 5.74) is 3.61. The summed E-state index contributed by atoms with van der Waals surface area (Å²) in [6.07, 6.45) is 1.63. The SMILES string of the molecule is CC(C)Oc1ccc(CNC(=O)c2ccc(CN3C(=O)[C@@H]4CCCN4C(=O)c4ccccc43)cc2)cc1. The molecule has 3 aromatic rings. The van der Waals surface area contributed by atoms with Gasteiger partial charge in [-0.3, -0.25) is 14.4 Å². The van der Waals surface area contributed by atoms with Crippen molar-refractivity contribution in [2.24, 2.45) is 0 Å². The maximum absolute atomic E-state index is 13.5. The number of para-hydroxylation sites is 1. The molecule has 0 spiro atoms. The van der Waals surface area contributed by atoms with E-state index >= 15 is 0 Å². The molecule has 1 saturated heterocycles. The summed E-state index contributed by atoms with van der Waals surface area (Å²) in [5, 5.41) is 2.95. The summed E-state index contributed by atoms with van der Waals surface area (Å²) < 4.78 is 5.66. The molecule has 2 heterocycles. The average Bonchev–Trinajstić information content (AvgIpc) is 3.38. The second-order valence-electron chi connectivity index (χ2n) is 9.79. The Kier molecular flexibility index (Phi) is 6.95. The molecule has 2 aliphatic rings. The number of nitrogens with zero attached hydrogens (tertiary/aromatic N) is 2. The van der Waals surface area contributed by atoms with E-state index in [2.05, 4.69) is 5.32 Å². The number of hydrogen-bond acceptors (Lipinski definition) is 4. The lowest BCUT2D eigenvalue weighted by Crippen LogP contribution is -2.44. The van der Waals surface area contributed by atoms with Crippen molar-refractivity contribution in [3.8, 4) is 5.75 Å². The Morgan fingerprint density at radius 2 is 1.68 bits per heavy atom. The van der Waals surface area contributed by atoms with Crippen LogP contribution in [0.25, 0.3) is 0 Å². The largest absolute Gasteiger partial charge is 0.491 e. The van der Waals surface area contributed by atoms with E-state index in [1.165, 1.54) is 0 Å². The molecule has 0 unspecified atom stereocenters. The number of fused-ring (bicyclic) bond motifs is 2. The quantitative estimate of drug-likeness (QED) is 0.519. The van der Waals surface area contributed by atoms with E-state index in [0.717, 1.165) is 23.3 Å². The second kappa shape index (κ2) is 10.5. The van der Waals surface area contributed by atoms with Crippen LogP contribution in [0.15, 0.2) is 72.8 Å². The van der Waals surface area contributed by atoms with Gasteiger partial charge in [-0.1, -0.05) is 36.4 Å². The lowest BCUT2D eigenvalue weighted by atomic mass is 10.1. The van der Waals surface area contributed by atoms with Gasteiger partial charge in [0.25, 0.3) is 11.8 Å². The number of hydrogen-bond donors (Lipinski definition) is 1. The van der Waals surface area contributed by atoms with Crippen LogP contribution in [0.4, 0.5) is 5.69 Å². The number of carbonyl (C=O) groups is 3. The van der Waals surface area contributed by atoms with Gasteiger partial charge in [0.15, 0.2) is 0 Å². The summed E-state index contributed by atoms with van der Waals surface area (Å²) in [7, 11) is 0. The lowest BCUT2D eigenvalue weighted by Gasteiger charge is -2.26. The molecule has 2 aliphatic heterocycles. The minimum Gasteiger partial charge on any atom is -0.491 e. The molecular weight excluding hydrogens is 466 g/mol. The van der Waals surface area contributed by atoms with Gasteiger partial charge in [0.1, 0.15) is 11.8 Å². The zero-order valence-electron chi connectivity index (χ0n) is 21.1. The molecule has 7 nitrogen and oxygen atoms in total. The minimum absolute atomic E-state index is 0.0533. The number of anilines is 1. The van der Waals surface area contributed by atoms with Gasteiger partial charge in [-0.2, -0.15) is 0 Å². The number of benzene rings is 3. The fourth-order valence-electron chi connectivity index (χ4n) is 4.96. The van der Waals surface area contributed by atoms with Crippen LogP contribution >= 0.6 is 0 Å². The third kappa shape index (κ3) is 5.21. The van der Waals surface area contributed by atoms with Crippen LogP contribution in [0.2, 0.25) is 0 Å². The highest BCUT2D eigenvalue weighted by molar-refractivity contribution is 6.11. The van der Waals surface area contributed by atoms with E-state index < -0.39 is 6.04 Å². The summed E-state index contributed by atoms with van der Waals surface area (Å²) in [5.74, 6) is 0.499. The molecule has 190 valence electrons. The standard InChI is InChI=1S/C30H31N3O4/c1-20(2)37-24-15-11-21(12-16-24)18-31-28(34)23-13-9-22(10-14-23)19-33-26-7-4-3-6-25(26)29(35)32-17-5-8-27(32)30(33)36/h3-4,6-7,9-16,20,27H,5,8,17-19H2,1-2H3,(H,31,34)/t27-/m0/s1. The lowest BCUT2D eigenvalue weighted by molar-refractivity contribution is -0.122. The first-order chi connectivity index (χ1) is 17.9. The molecule has 5 rings (SSSR count). The fraction of sp³-hybridized carbons (Fsp3) is 0.300. The Balaban J connectivity index is 1.26. The molecule has 1 N–H and O–H groups in total. The molecule has 3 amide bonds. The van der Waals surface area contributed by atoms with Gasteiger partial charge in [0.2, 0.25) is 5.91 Å². The molecule has 1 fully saturated rings. The first kappa shape index (κ1) is 24.6. The molecule has 37 heavy (non-hydrogen) atoms. The molecule has 0 radical (unpaired) electrons. The van der Waals surface area contributed by atoms with Crippen molar-refractivity contribution in [2.45, 2.75) is 51.9 Å². The van der Waals surface area contributed by atoms with E-state index in [1.54, 1.807) is 28.0 Å². The first-order valence-corrected chi connectivity index (χ1v) is 12.7. The Morgan fingerprint density at radius 1 is 0.973 bits per heavy atom. The van der Waals surface area contributed by atoms with Crippen LogP contribution in [0.5, 0.6) is 5.75 Å². The maximum Gasteiger partial charge on any atom is 0.256 e. The van der Waals surface area contributed by atoms with E-state index in [9.17, 15) is 14.4 Å². The molecular formula is C30H31N3O4. The highest BCUT2D eigenvalue weighted by Crippen LogP contribution is 2.33. The summed E-state index contributed by atoms with van der Waals surface area (Å²) in [6.45, 7) is 5.31. The third-order valence-corrected chi connectivity index (χ3v) is 6.80. The maximum atomic E-state index is 13.5. The van der Waals surface area contributed by atoms with E-state index in [-0.39, 0.29) is 23.8 Å². The van der Waals surface area contributed by atoms with Crippen LogP contribution in [0.1, 0.15) is 58.5 Å². The fourth-order valence-corrected chi connectivity index (χ4v) is 4.96. The summed E-state index contributed by atoms with van der Waals surface area (Å²) in [4.78, 5) is 42.7. The Bertz CT molecular complexity index is 1300. The van der Waals surface area contributed by atoms with Crippen LogP contribution in [-0.2, 0) is 17.9 Å². The van der Waals surface area contributed by atoms with Crippen molar-refractivity contribution >= 4 is 23.4 Å². The third-order valence-electron chi connectivity index (χ3n) is 6.80. The second-order valence-corrected chi connectivity index (χ2v) is 9.79. The van der Waals surface area contributed by atoms with E-state index in [0.29, 0.717) is 42.9 Å². The van der Waals surface area contributed by atoms with Crippen molar-refractivity contribution in [2.75, 3.05) is 11.4 Å². The van der Waals surface area contributed by atoms with Gasteiger partial charge >= 0.3 is 0 Å². The molecule has 0 saturated carbocycles. The molecule has 3 aromatic carbocycles. The van der Waals surface area contributed by atoms with Crippen molar-refractivity contribution in [3.05, 3.63) is 95.1 Å². The summed E-state index contributed by atoms with van der Waals surface area (Å²) in [6, 6.07) is 21.8. The molecule has 0 aliphatic carbocycles. The first-order valence-electron chi connectivity index (χ1n) is 12.7. The number of carbonyl (C=O) groups excluding carboxylic acids is 3. The average molecular weight is 498 g/mol. The minimum atomic E-state index is -0.420. The molecule has 0 aromatic heterocycles. The van der Waals surface area contributed by atoms with Gasteiger partial charge < -0.3 is 19.9 Å². The van der Waals surface area contributed by atoms with Crippen LogP contribution in [0, 0.1) is 0 Å². The van der Waals surface area contributed by atoms with Crippen molar-refractivity contribution in [3.63, 3.8) is 0 Å². The van der Waals surface area contributed by atoms with Crippen LogP contribution < -0.4 is 15.0 Å². The Morgan fingerprint density at radius 3 is 2.41 bits per heavy atom. The highest BCUT2D eigenvalue weighted by Gasteiger charge is 2.41. The zero-order valence-corrected chi connectivity index (χ0v) is 21.1. The molecule has 7 heteroatoms. The number of amides is 3. The van der Waals surface area contributed by atoms with Gasteiger partial charge in [-0.05, 0) is 74.2 Å². The van der Waals surface area contributed by atoms with Crippen molar-refractivity contribution < 1.29 is 19.1 Å². The number of rotatable bonds is 7. The Labute approximate surface area is 217 Å². The van der Waals surface area contributed by atoms with Crippen molar-refractivity contribution in [1.82, 2.24) is 10.2 Å². The number of ether oxygens (including phenoxy) is 1. The molecule has 1 atom stereocenters. The topological polar surface area (TPSA) is 79.0 Å². The van der Waals surface area contributed by atoms with Gasteiger partial charge in [0, 0.05) is 18.7 Å². The molecule has 0 bridgehead atoms. The van der Waals surface area contributed by atoms with Crippen LogP contribution in [-0.4, -0.2) is 41.3 Å².